The van der Waals surface area contributed by atoms with Crippen LogP contribution in [0.5, 0.6) is 0 Å². The summed E-state index contributed by atoms with van der Waals surface area (Å²) in [5.41, 5.74) is 0. The Kier molecular flexibility index (Phi) is 30.1. The standard InChI is InChI=1S/CH4.ClH.3H3O4P.Sn.2H/c;;3*1-5(2,3)4;;;/h1H4;1H;3*(H3,1,2,3,4);;;. The van der Waals surface area contributed by atoms with Crippen molar-refractivity contribution in [3.05, 3.63) is 0 Å². The van der Waals surface area contributed by atoms with Crippen LogP contribution in [0.4, 0.5) is 0 Å². The summed E-state index contributed by atoms with van der Waals surface area (Å²) in [5, 5.41) is 0. The zero-order valence-electron chi connectivity index (χ0n) is 7.71. The topological polar surface area (TPSA) is 233 Å². The Morgan fingerprint density at radius 3 is 0.500 bits per heavy atom. The molecule has 118 valence electrons. The predicted molar refractivity (Wildman–Crippen MR) is 65.3 cm³/mol. The summed E-state index contributed by atoms with van der Waals surface area (Å²) >= 11 is 0. The van der Waals surface area contributed by atoms with Gasteiger partial charge in [0.2, 0.25) is 0 Å². The second kappa shape index (κ2) is 14.8. The second-order valence-electron chi connectivity index (χ2n) is 1.54. The molecule has 2 radical (unpaired) electrons. The molecule has 0 aliphatic carbocycles. The van der Waals surface area contributed by atoms with Gasteiger partial charge in [-0.15, -0.1) is 12.4 Å². The van der Waals surface area contributed by atoms with Crippen LogP contribution in [0.25, 0.3) is 0 Å². The summed E-state index contributed by atoms with van der Waals surface area (Å²) in [6, 6.07) is 0. The van der Waals surface area contributed by atoms with Crippen LogP contribution in [0.3, 0.4) is 0 Å². The number of phosphoric acid groups is 3. The van der Waals surface area contributed by atoms with Gasteiger partial charge >= 0.3 is 47.4 Å². The molecule has 0 atom stereocenters. The monoisotopic (exact) mass is 468 g/mol. The van der Waals surface area contributed by atoms with Gasteiger partial charge in [-0.1, -0.05) is 7.43 Å². The van der Waals surface area contributed by atoms with Crippen molar-refractivity contribution in [1.82, 2.24) is 0 Å². The quantitative estimate of drug-likeness (QED) is 0.131. The van der Waals surface area contributed by atoms with E-state index in [0.717, 1.165) is 0 Å². The van der Waals surface area contributed by atoms with Crippen molar-refractivity contribution in [2.75, 3.05) is 0 Å². The molecule has 0 aliphatic rings. The Labute approximate surface area is 125 Å². The molecule has 0 amide bonds. The molecule has 0 saturated carbocycles. The van der Waals surface area contributed by atoms with Crippen molar-refractivity contribution in [3.8, 4) is 0 Å². The van der Waals surface area contributed by atoms with Crippen LogP contribution in [-0.4, -0.2) is 67.9 Å². The molecule has 0 spiro atoms. The summed E-state index contributed by atoms with van der Waals surface area (Å²) in [6.45, 7) is 0. The van der Waals surface area contributed by atoms with Gasteiger partial charge in [-0.25, -0.2) is 13.7 Å². The Hall–Kier alpha value is 1.42. The van der Waals surface area contributed by atoms with E-state index in [-0.39, 0.29) is 43.7 Å². The van der Waals surface area contributed by atoms with Crippen molar-refractivity contribution in [1.29, 1.82) is 0 Å². The van der Waals surface area contributed by atoms with Gasteiger partial charge in [-0.2, -0.15) is 0 Å². The summed E-state index contributed by atoms with van der Waals surface area (Å²) in [6.07, 6.45) is 0. The summed E-state index contributed by atoms with van der Waals surface area (Å²) in [5.74, 6) is 0. The first-order valence-corrected chi connectivity index (χ1v) is 7.04. The Balaban J connectivity index is -0.0000000277. The van der Waals surface area contributed by atoms with Gasteiger partial charge in [0.15, 0.2) is 0 Å². The average molecular weight is 467 g/mol. The molecule has 17 heteroatoms. The van der Waals surface area contributed by atoms with Crippen LogP contribution in [0, 0.1) is 0 Å². The molecular weight excluding hydrogens is 451 g/mol. The van der Waals surface area contributed by atoms with Gasteiger partial charge in [-0.05, 0) is 0 Å². The fraction of sp³-hybridized carbons (Fsp3) is 1.00. The fourth-order valence-corrected chi connectivity index (χ4v) is 0. The number of hydrogen-bond donors (Lipinski definition) is 9. The van der Waals surface area contributed by atoms with Gasteiger partial charge in [0.1, 0.15) is 0 Å². The van der Waals surface area contributed by atoms with Gasteiger partial charge < -0.3 is 44.0 Å². The Bertz CT molecular complexity index is 213. The third-order valence-corrected chi connectivity index (χ3v) is 0. The van der Waals surface area contributed by atoms with E-state index >= 15 is 0 Å². The number of rotatable bonds is 0. The van der Waals surface area contributed by atoms with E-state index in [4.69, 9.17) is 57.7 Å². The molecule has 0 aliphatic heterocycles. The van der Waals surface area contributed by atoms with E-state index in [1.807, 2.05) is 0 Å². The van der Waals surface area contributed by atoms with E-state index in [2.05, 4.69) is 0 Å². The Morgan fingerprint density at radius 2 is 0.500 bits per heavy atom. The summed E-state index contributed by atoms with van der Waals surface area (Å²) in [4.78, 5) is 64.7. The van der Waals surface area contributed by atoms with Crippen molar-refractivity contribution < 1.29 is 57.7 Å². The fourth-order valence-electron chi connectivity index (χ4n) is 0. The van der Waals surface area contributed by atoms with Crippen LogP contribution < -0.4 is 0 Å². The maximum absolute atomic E-state index is 8.88. The normalized spacial score (nSPS) is 9.83. The van der Waals surface area contributed by atoms with Gasteiger partial charge in [0.25, 0.3) is 0 Å². The van der Waals surface area contributed by atoms with Crippen LogP contribution >= 0.6 is 35.9 Å². The minimum absolute atomic E-state index is 0. The van der Waals surface area contributed by atoms with E-state index in [9.17, 15) is 0 Å². The third-order valence-electron chi connectivity index (χ3n) is 0. The molecular formula is CH16ClO12P3Sn. The minimum atomic E-state index is -4.64. The zero-order chi connectivity index (χ0) is 13.5. The first kappa shape index (κ1) is 36.6. The van der Waals surface area contributed by atoms with E-state index in [1.165, 1.54) is 0 Å². The van der Waals surface area contributed by atoms with E-state index in [1.54, 1.807) is 0 Å². The molecule has 0 bridgehead atoms. The second-order valence-corrected chi connectivity index (χ2v) is 4.62. The summed E-state index contributed by atoms with van der Waals surface area (Å²) in [7, 11) is -13.9. The average Bonchev–Trinajstić information content (AvgIpc) is 1.41. The van der Waals surface area contributed by atoms with Crippen molar-refractivity contribution in [2.24, 2.45) is 0 Å². The molecule has 9 N–H and O–H groups in total. The number of halogens is 1. The van der Waals surface area contributed by atoms with Crippen LogP contribution in [0.2, 0.25) is 0 Å². The SMILES string of the molecule is C.Cl.O=P(O)(O)O.O=P(O)(O)O.O=P(O)(O)O.[SnH2]. The van der Waals surface area contributed by atoms with E-state index in [0.29, 0.717) is 0 Å². The third kappa shape index (κ3) is 2330. The first-order valence-electron chi connectivity index (χ1n) is 2.35. The van der Waals surface area contributed by atoms with Crippen molar-refractivity contribution >= 4 is 59.8 Å². The molecule has 0 saturated heterocycles. The maximum atomic E-state index is 8.88. The van der Waals surface area contributed by atoms with E-state index < -0.39 is 23.5 Å². The number of hydrogen-bond acceptors (Lipinski definition) is 3. The van der Waals surface area contributed by atoms with Crippen LogP contribution in [0.15, 0.2) is 0 Å². The van der Waals surface area contributed by atoms with Crippen molar-refractivity contribution in [2.45, 2.75) is 7.43 Å². The van der Waals surface area contributed by atoms with Crippen LogP contribution in [0.1, 0.15) is 7.43 Å². The molecule has 0 fully saturated rings. The van der Waals surface area contributed by atoms with Crippen molar-refractivity contribution in [3.63, 3.8) is 0 Å². The molecule has 12 nitrogen and oxygen atoms in total. The van der Waals surface area contributed by atoms with Gasteiger partial charge in [0, 0.05) is 0 Å². The molecule has 0 unspecified atom stereocenters. The molecule has 0 heterocycles. The molecule has 0 aromatic rings. The van der Waals surface area contributed by atoms with Gasteiger partial charge in [-0.3, -0.25) is 0 Å². The van der Waals surface area contributed by atoms with Crippen LogP contribution in [-0.2, 0) is 13.7 Å². The van der Waals surface area contributed by atoms with Gasteiger partial charge in [0.05, 0.1) is 0 Å². The summed E-state index contributed by atoms with van der Waals surface area (Å²) < 4.78 is 26.6. The molecule has 18 heavy (non-hydrogen) atoms. The molecule has 0 aromatic heterocycles. The zero-order valence-corrected chi connectivity index (χ0v) is 15.2. The Morgan fingerprint density at radius 1 is 0.500 bits per heavy atom. The molecule has 0 aromatic carbocycles. The first-order chi connectivity index (χ1) is 6.00. The predicted octanol–water partition coefficient (Wildman–Crippen LogP) is -2.64. The molecule has 0 rings (SSSR count).